The highest BCUT2D eigenvalue weighted by molar-refractivity contribution is 6.08. The van der Waals surface area contributed by atoms with Gasteiger partial charge in [0.1, 0.15) is 29.4 Å². The third kappa shape index (κ3) is 2.70. The Hall–Kier alpha value is -3.88. The number of aromatic nitrogens is 4. The first kappa shape index (κ1) is 17.2. The number of aliphatic imine (C=N–C) groups is 1. The first-order valence-corrected chi connectivity index (χ1v) is 8.80. The van der Waals surface area contributed by atoms with Crippen molar-refractivity contribution in [1.29, 1.82) is 0 Å². The van der Waals surface area contributed by atoms with E-state index in [2.05, 4.69) is 20.4 Å². The van der Waals surface area contributed by atoms with E-state index in [-0.39, 0.29) is 10.9 Å². The average molecular weight is 392 g/mol. The Kier molecular flexibility index (Phi) is 3.76. The Bertz CT molecular complexity index is 1310. The predicted octanol–water partition coefficient (Wildman–Crippen LogP) is 3.11. The summed E-state index contributed by atoms with van der Waals surface area (Å²) < 4.78 is 32.4. The number of hydrogen-bond donors (Lipinski definition) is 1. The van der Waals surface area contributed by atoms with Crippen molar-refractivity contribution >= 4 is 28.3 Å². The number of aryl methyl sites for hydroxylation is 1. The SMILES string of the molecule is Cn1ncc2c(F)c(C(=O)Nc3ccc4c(c3)C(n3ccnc3)=NC4)c(F)cc21. The lowest BCUT2D eigenvalue weighted by Crippen LogP contribution is -2.17. The van der Waals surface area contributed by atoms with Crippen LogP contribution in [0.3, 0.4) is 0 Å². The number of nitrogens with zero attached hydrogens (tertiary/aromatic N) is 5. The number of rotatable bonds is 2. The zero-order valence-corrected chi connectivity index (χ0v) is 15.2. The molecular formula is C20H14F2N6O. The molecule has 3 heterocycles. The molecule has 0 saturated heterocycles. The van der Waals surface area contributed by atoms with E-state index in [0.29, 0.717) is 18.1 Å². The summed E-state index contributed by atoms with van der Waals surface area (Å²) in [5.74, 6) is -2.06. The van der Waals surface area contributed by atoms with Gasteiger partial charge < -0.3 is 5.32 Å². The van der Waals surface area contributed by atoms with Gasteiger partial charge in [-0.1, -0.05) is 6.07 Å². The van der Waals surface area contributed by atoms with Gasteiger partial charge in [-0.25, -0.2) is 13.8 Å². The molecule has 29 heavy (non-hydrogen) atoms. The van der Waals surface area contributed by atoms with Crippen LogP contribution in [0.15, 0.2) is 54.2 Å². The summed E-state index contributed by atoms with van der Waals surface area (Å²) in [7, 11) is 1.57. The number of carbonyl (C=O) groups is 1. The molecule has 0 spiro atoms. The summed E-state index contributed by atoms with van der Waals surface area (Å²) in [5, 5.41) is 6.58. The molecule has 1 aliphatic heterocycles. The Morgan fingerprint density at radius 2 is 2.10 bits per heavy atom. The largest absolute Gasteiger partial charge is 0.322 e. The fourth-order valence-corrected chi connectivity index (χ4v) is 3.47. The van der Waals surface area contributed by atoms with E-state index >= 15 is 0 Å². The van der Waals surface area contributed by atoms with E-state index in [1.807, 2.05) is 6.07 Å². The normalized spacial score (nSPS) is 12.9. The maximum atomic E-state index is 14.8. The Balaban J connectivity index is 1.49. The molecule has 7 nitrogen and oxygen atoms in total. The minimum absolute atomic E-state index is 0.0857. The molecule has 0 bridgehead atoms. The number of fused-ring (bicyclic) bond motifs is 2. The van der Waals surface area contributed by atoms with Gasteiger partial charge in [0, 0.05) is 36.8 Å². The van der Waals surface area contributed by atoms with Crippen LogP contribution >= 0.6 is 0 Å². The molecule has 2 aromatic heterocycles. The number of halogens is 2. The fraction of sp³-hybridized carbons (Fsp3) is 0.100. The quantitative estimate of drug-likeness (QED) is 0.570. The first-order chi connectivity index (χ1) is 14.0. The van der Waals surface area contributed by atoms with Gasteiger partial charge >= 0.3 is 0 Å². The topological polar surface area (TPSA) is 77.1 Å². The number of hydrogen-bond acceptors (Lipinski definition) is 4. The molecule has 144 valence electrons. The maximum absolute atomic E-state index is 14.8. The maximum Gasteiger partial charge on any atom is 0.261 e. The molecule has 2 aromatic carbocycles. The molecule has 0 atom stereocenters. The number of amides is 1. The van der Waals surface area contributed by atoms with E-state index in [0.717, 1.165) is 17.2 Å². The average Bonchev–Trinajstić information content (AvgIpc) is 3.42. The fourth-order valence-electron chi connectivity index (χ4n) is 3.47. The molecule has 0 fully saturated rings. The van der Waals surface area contributed by atoms with E-state index < -0.39 is 23.1 Å². The minimum Gasteiger partial charge on any atom is -0.322 e. The zero-order valence-electron chi connectivity index (χ0n) is 15.2. The number of benzene rings is 2. The molecule has 9 heteroatoms. The summed E-state index contributed by atoms with van der Waals surface area (Å²) in [4.78, 5) is 21.2. The van der Waals surface area contributed by atoms with Crippen molar-refractivity contribution in [3.05, 3.63) is 77.5 Å². The lowest BCUT2D eigenvalue weighted by atomic mass is 10.1. The highest BCUT2D eigenvalue weighted by atomic mass is 19.1. The summed E-state index contributed by atoms with van der Waals surface area (Å²) in [6, 6.07) is 6.35. The Morgan fingerprint density at radius 1 is 1.24 bits per heavy atom. The summed E-state index contributed by atoms with van der Waals surface area (Å²) >= 11 is 0. The molecule has 1 N–H and O–H groups in total. The molecule has 0 saturated carbocycles. The molecule has 4 aromatic rings. The second kappa shape index (κ2) is 6.33. The van der Waals surface area contributed by atoms with Crippen molar-refractivity contribution < 1.29 is 13.6 Å². The zero-order chi connectivity index (χ0) is 20.1. The number of anilines is 1. The predicted molar refractivity (Wildman–Crippen MR) is 103 cm³/mol. The van der Waals surface area contributed by atoms with Crippen LogP contribution in [0.4, 0.5) is 14.5 Å². The lowest BCUT2D eigenvalue weighted by Gasteiger charge is -2.11. The number of imidazole rings is 1. The number of nitrogens with one attached hydrogen (secondary N) is 1. The van der Waals surface area contributed by atoms with Crippen LogP contribution in [0.1, 0.15) is 21.5 Å². The van der Waals surface area contributed by atoms with Gasteiger partial charge in [0.05, 0.1) is 23.6 Å². The molecule has 5 rings (SSSR count). The minimum atomic E-state index is -0.946. The van der Waals surface area contributed by atoms with E-state index in [1.54, 1.807) is 42.5 Å². The van der Waals surface area contributed by atoms with E-state index in [1.165, 1.54) is 10.9 Å². The molecule has 0 radical (unpaired) electrons. The summed E-state index contributed by atoms with van der Waals surface area (Å²) in [6.07, 6.45) is 6.32. The molecule has 0 aliphatic carbocycles. The van der Waals surface area contributed by atoms with Crippen LogP contribution in [0.25, 0.3) is 10.9 Å². The molecule has 1 amide bonds. The highest BCUT2D eigenvalue weighted by Crippen LogP contribution is 2.27. The van der Waals surface area contributed by atoms with Gasteiger partial charge in [-0.3, -0.25) is 19.0 Å². The van der Waals surface area contributed by atoms with Crippen molar-refractivity contribution in [1.82, 2.24) is 19.3 Å². The van der Waals surface area contributed by atoms with Gasteiger partial charge in [-0.05, 0) is 17.7 Å². The van der Waals surface area contributed by atoms with Gasteiger partial charge in [0.15, 0.2) is 0 Å². The van der Waals surface area contributed by atoms with Gasteiger partial charge in [-0.2, -0.15) is 5.10 Å². The van der Waals surface area contributed by atoms with E-state index in [9.17, 15) is 13.6 Å². The number of carbonyl (C=O) groups excluding carboxylic acids is 1. The van der Waals surface area contributed by atoms with Crippen LogP contribution in [0, 0.1) is 11.6 Å². The third-order valence-electron chi connectivity index (χ3n) is 4.93. The summed E-state index contributed by atoms with van der Waals surface area (Å²) in [6.45, 7) is 0.512. The van der Waals surface area contributed by atoms with Gasteiger partial charge in [-0.15, -0.1) is 0 Å². The van der Waals surface area contributed by atoms with Crippen molar-refractivity contribution in [3.8, 4) is 0 Å². The highest BCUT2D eigenvalue weighted by Gasteiger charge is 2.23. The standard InChI is InChI=1S/C20H14F2N6O/c1-27-16-7-15(21)17(18(22)14(16)9-25-27)20(29)26-12-3-2-11-8-24-19(13(11)6-12)28-5-4-23-10-28/h2-7,9-10H,8H2,1H3,(H,26,29). The van der Waals surface area contributed by atoms with Gasteiger partial charge in [0.2, 0.25) is 0 Å². The van der Waals surface area contributed by atoms with E-state index in [4.69, 9.17) is 0 Å². The molecular weight excluding hydrogens is 378 g/mol. The van der Waals surface area contributed by atoms with Crippen LogP contribution in [-0.4, -0.2) is 31.1 Å². The van der Waals surface area contributed by atoms with Crippen molar-refractivity contribution in [2.24, 2.45) is 12.0 Å². The van der Waals surface area contributed by atoms with Crippen molar-refractivity contribution in [2.75, 3.05) is 5.32 Å². The third-order valence-corrected chi connectivity index (χ3v) is 4.93. The summed E-state index contributed by atoms with van der Waals surface area (Å²) in [5.41, 5.74) is 1.85. The van der Waals surface area contributed by atoms with Crippen molar-refractivity contribution in [2.45, 2.75) is 6.54 Å². The Morgan fingerprint density at radius 3 is 2.90 bits per heavy atom. The van der Waals surface area contributed by atoms with Crippen LogP contribution in [0.2, 0.25) is 0 Å². The monoisotopic (exact) mass is 392 g/mol. The first-order valence-electron chi connectivity index (χ1n) is 8.80. The Labute approximate surface area is 163 Å². The second-order valence-corrected chi connectivity index (χ2v) is 6.68. The van der Waals surface area contributed by atoms with Crippen LogP contribution in [-0.2, 0) is 13.6 Å². The second-order valence-electron chi connectivity index (χ2n) is 6.68. The van der Waals surface area contributed by atoms with Crippen LogP contribution < -0.4 is 5.32 Å². The smallest absolute Gasteiger partial charge is 0.261 e. The molecule has 1 aliphatic rings. The van der Waals surface area contributed by atoms with Crippen LogP contribution in [0.5, 0.6) is 0 Å². The molecule has 0 unspecified atom stereocenters. The lowest BCUT2D eigenvalue weighted by molar-refractivity contribution is 0.101. The van der Waals surface area contributed by atoms with Gasteiger partial charge in [0.25, 0.3) is 5.91 Å². The van der Waals surface area contributed by atoms with Crippen molar-refractivity contribution in [3.63, 3.8) is 0 Å².